The Hall–Kier alpha value is -1.35. The number of halogens is 1. The van der Waals surface area contributed by atoms with Crippen LogP contribution in [0, 0.1) is 5.92 Å². The molecule has 2 rings (SSSR count). The lowest BCUT2D eigenvalue weighted by Gasteiger charge is -2.11. The molecule has 0 aliphatic carbocycles. The number of hydrogen-bond donors (Lipinski definition) is 0. The van der Waals surface area contributed by atoms with Gasteiger partial charge in [0.05, 0.1) is 18.1 Å². The monoisotopic (exact) mass is 235 g/mol. The third-order valence-electron chi connectivity index (χ3n) is 2.30. The molecule has 0 unspecified atom stereocenters. The Balaban J connectivity index is 2.44. The third kappa shape index (κ3) is 2.42. The van der Waals surface area contributed by atoms with Crippen molar-refractivity contribution in [3.05, 3.63) is 41.2 Å². The zero-order chi connectivity index (χ0) is 11.5. The second kappa shape index (κ2) is 4.66. The van der Waals surface area contributed by atoms with Gasteiger partial charge in [-0.1, -0.05) is 25.4 Å². The zero-order valence-corrected chi connectivity index (χ0v) is 10.1. The Kier molecular flexibility index (Phi) is 3.25. The van der Waals surface area contributed by atoms with Crippen LogP contribution in [-0.4, -0.2) is 15.0 Å². The molecule has 0 spiro atoms. The van der Waals surface area contributed by atoms with Crippen LogP contribution in [0.4, 0.5) is 0 Å². The van der Waals surface area contributed by atoms with E-state index in [2.05, 4.69) is 24.0 Å². The van der Waals surface area contributed by atoms with Crippen LogP contribution >= 0.6 is 11.6 Å². The van der Waals surface area contributed by atoms with Crippen molar-refractivity contribution in [2.24, 2.45) is 5.92 Å². The molecule has 0 radical (unpaired) electrons. The van der Waals surface area contributed by atoms with Crippen molar-refractivity contribution in [3.63, 3.8) is 0 Å². The third-order valence-corrected chi connectivity index (χ3v) is 2.54. The Morgan fingerprint density at radius 1 is 1.25 bits per heavy atom. The molecule has 1 heterocycles. The van der Waals surface area contributed by atoms with Crippen molar-refractivity contribution in [2.45, 2.75) is 20.3 Å². The van der Waals surface area contributed by atoms with E-state index >= 15 is 0 Å². The highest BCUT2D eigenvalue weighted by Gasteiger charge is 2.08. The minimum atomic E-state index is 0.577. The first-order valence-electron chi connectivity index (χ1n) is 5.32. The summed E-state index contributed by atoms with van der Waals surface area (Å²) in [5.41, 5.74) is 2.18. The Morgan fingerprint density at radius 2 is 1.94 bits per heavy atom. The van der Waals surface area contributed by atoms with Gasteiger partial charge in [0.15, 0.2) is 0 Å². The smallest absolute Gasteiger partial charge is 0.0889 e. The molecule has 0 N–H and O–H groups in total. The molecule has 0 saturated carbocycles. The minimum absolute atomic E-state index is 0.577. The highest BCUT2D eigenvalue weighted by atomic mass is 35.5. The molecule has 0 aliphatic heterocycles. The predicted molar refractivity (Wildman–Crippen MR) is 64.9 cm³/mol. The quantitative estimate of drug-likeness (QED) is 0.819. The Morgan fingerprint density at radius 3 is 2.56 bits per heavy atom. The molecule has 84 valence electrons. The van der Waals surface area contributed by atoms with Crippen LogP contribution in [-0.2, 0) is 6.42 Å². The van der Waals surface area contributed by atoms with E-state index in [-0.39, 0.29) is 0 Å². The molecular weight excluding hydrogens is 222 g/mol. The fourth-order valence-corrected chi connectivity index (χ4v) is 1.89. The Labute approximate surface area is 100 Å². The first kappa shape index (κ1) is 11.1. The maximum Gasteiger partial charge on any atom is 0.0889 e. The van der Waals surface area contributed by atoms with Gasteiger partial charge in [0.1, 0.15) is 0 Å². The SMILES string of the molecule is CC(C)Cc1cc(Cl)ccc1-n1nccn1. The standard InChI is InChI=1S/C12H14ClN3/c1-9(2)7-10-8-11(13)3-4-12(10)16-14-5-6-15-16/h3-6,8-9H,7H2,1-2H3. The van der Waals surface area contributed by atoms with Gasteiger partial charge in [-0.2, -0.15) is 15.0 Å². The fraction of sp³-hybridized carbons (Fsp3) is 0.333. The molecule has 0 bridgehead atoms. The van der Waals surface area contributed by atoms with Gasteiger partial charge in [-0.15, -0.1) is 0 Å². The van der Waals surface area contributed by atoms with E-state index in [1.165, 1.54) is 5.56 Å². The van der Waals surface area contributed by atoms with Crippen molar-refractivity contribution in [3.8, 4) is 5.69 Å². The number of rotatable bonds is 3. The summed E-state index contributed by atoms with van der Waals surface area (Å²) in [7, 11) is 0. The van der Waals surface area contributed by atoms with Crippen LogP contribution in [0.1, 0.15) is 19.4 Å². The number of hydrogen-bond acceptors (Lipinski definition) is 2. The largest absolute Gasteiger partial charge is 0.157 e. The zero-order valence-electron chi connectivity index (χ0n) is 9.39. The van der Waals surface area contributed by atoms with Crippen LogP contribution < -0.4 is 0 Å². The summed E-state index contributed by atoms with van der Waals surface area (Å²) in [4.78, 5) is 1.63. The van der Waals surface area contributed by atoms with Crippen molar-refractivity contribution in [1.82, 2.24) is 15.0 Å². The normalized spacial score (nSPS) is 11.0. The lowest BCUT2D eigenvalue weighted by molar-refractivity contribution is 0.636. The summed E-state index contributed by atoms with van der Waals surface area (Å²) >= 11 is 6.01. The molecule has 2 aromatic rings. The van der Waals surface area contributed by atoms with Crippen LogP contribution in [0.3, 0.4) is 0 Å². The van der Waals surface area contributed by atoms with E-state index in [0.29, 0.717) is 5.92 Å². The van der Waals surface area contributed by atoms with Gasteiger partial charge in [-0.25, -0.2) is 0 Å². The maximum absolute atomic E-state index is 6.01. The summed E-state index contributed by atoms with van der Waals surface area (Å²) in [6.45, 7) is 4.36. The number of nitrogens with zero attached hydrogens (tertiary/aromatic N) is 3. The minimum Gasteiger partial charge on any atom is -0.157 e. The van der Waals surface area contributed by atoms with E-state index in [1.807, 2.05) is 18.2 Å². The molecule has 0 amide bonds. The number of benzene rings is 1. The maximum atomic E-state index is 6.01. The molecule has 4 heteroatoms. The summed E-state index contributed by atoms with van der Waals surface area (Å²) in [5.74, 6) is 0.577. The predicted octanol–water partition coefficient (Wildman–Crippen LogP) is 3.12. The first-order valence-corrected chi connectivity index (χ1v) is 5.69. The van der Waals surface area contributed by atoms with Gasteiger partial charge in [0, 0.05) is 5.02 Å². The fourth-order valence-electron chi connectivity index (χ4n) is 1.69. The van der Waals surface area contributed by atoms with E-state index in [0.717, 1.165) is 17.1 Å². The van der Waals surface area contributed by atoms with Crippen molar-refractivity contribution in [2.75, 3.05) is 0 Å². The van der Waals surface area contributed by atoms with Gasteiger partial charge >= 0.3 is 0 Å². The average molecular weight is 236 g/mol. The van der Waals surface area contributed by atoms with Crippen LogP contribution in [0.15, 0.2) is 30.6 Å². The molecule has 16 heavy (non-hydrogen) atoms. The summed E-state index contributed by atoms with van der Waals surface area (Å²) in [5, 5.41) is 9.05. The van der Waals surface area contributed by atoms with Crippen molar-refractivity contribution >= 4 is 11.6 Å². The van der Waals surface area contributed by atoms with Crippen LogP contribution in [0.2, 0.25) is 5.02 Å². The van der Waals surface area contributed by atoms with Gasteiger partial charge in [0.2, 0.25) is 0 Å². The Bertz CT molecular complexity index is 463. The molecule has 0 saturated heterocycles. The van der Waals surface area contributed by atoms with E-state index in [9.17, 15) is 0 Å². The summed E-state index contributed by atoms with van der Waals surface area (Å²) in [6, 6.07) is 5.81. The average Bonchev–Trinajstić information content (AvgIpc) is 2.69. The first-order chi connectivity index (χ1) is 7.66. The summed E-state index contributed by atoms with van der Waals surface area (Å²) in [6.07, 6.45) is 4.32. The van der Waals surface area contributed by atoms with Crippen molar-refractivity contribution < 1.29 is 0 Å². The molecule has 1 aromatic carbocycles. The molecule has 1 aromatic heterocycles. The second-order valence-corrected chi connectivity index (χ2v) is 4.63. The molecular formula is C12H14ClN3. The van der Waals surface area contributed by atoms with Crippen LogP contribution in [0.25, 0.3) is 5.69 Å². The van der Waals surface area contributed by atoms with E-state index in [1.54, 1.807) is 17.2 Å². The number of aromatic nitrogens is 3. The molecule has 0 fully saturated rings. The highest BCUT2D eigenvalue weighted by molar-refractivity contribution is 6.30. The highest BCUT2D eigenvalue weighted by Crippen LogP contribution is 2.21. The second-order valence-electron chi connectivity index (χ2n) is 4.19. The molecule has 0 atom stereocenters. The molecule has 3 nitrogen and oxygen atoms in total. The van der Waals surface area contributed by atoms with Gasteiger partial charge in [0.25, 0.3) is 0 Å². The van der Waals surface area contributed by atoms with Gasteiger partial charge in [-0.3, -0.25) is 0 Å². The van der Waals surface area contributed by atoms with Gasteiger partial charge < -0.3 is 0 Å². The van der Waals surface area contributed by atoms with Gasteiger partial charge in [-0.05, 0) is 36.1 Å². The van der Waals surface area contributed by atoms with Crippen LogP contribution in [0.5, 0.6) is 0 Å². The lowest BCUT2D eigenvalue weighted by Crippen LogP contribution is -2.05. The van der Waals surface area contributed by atoms with Crippen molar-refractivity contribution in [1.29, 1.82) is 0 Å². The van der Waals surface area contributed by atoms with E-state index in [4.69, 9.17) is 11.6 Å². The topological polar surface area (TPSA) is 30.7 Å². The van der Waals surface area contributed by atoms with E-state index < -0.39 is 0 Å². The molecule has 0 aliphatic rings. The lowest BCUT2D eigenvalue weighted by atomic mass is 10.0. The summed E-state index contributed by atoms with van der Waals surface area (Å²) < 4.78 is 0.